The lowest BCUT2D eigenvalue weighted by Gasteiger charge is -2.22. The summed E-state index contributed by atoms with van der Waals surface area (Å²) in [6, 6.07) is 0. The fraction of sp³-hybridized carbons (Fsp3) is 0.850. The van der Waals surface area contributed by atoms with Crippen LogP contribution >= 0.6 is 23.5 Å². The zero-order valence-electron chi connectivity index (χ0n) is 15.0. The molecular weight excluding hydrogens is 336 g/mol. The van der Waals surface area contributed by atoms with E-state index >= 15 is 0 Å². The molecule has 0 amide bonds. The van der Waals surface area contributed by atoms with Crippen LogP contribution in [0.25, 0.3) is 0 Å². The SMILES string of the molecule is O=C(O)CCCC=CC[C@H]1CSC[C@H]1CCSCC1CCCCC1. The molecule has 1 aliphatic carbocycles. The predicted molar refractivity (Wildman–Crippen MR) is 108 cm³/mol. The lowest BCUT2D eigenvalue weighted by molar-refractivity contribution is -0.137. The lowest BCUT2D eigenvalue weighted by Crippen LogP contribution is -2.14. The van der Waals surface area contributed by atoms with Crippen LogP contribution in [-0.4, -0.2) is 34.1 Å². The van der Waals surface area contributed by atoms with E-state index in [-0.39, 0.29) is 0 Å². The van der Waals surface area contributed by atoms with Gasteiger partial charge in [-0.15, -0.1) is 0 Å². The summed E-state index contributed by atoms with van der Waals surface area (Å²) in [7, 11) is 0. The van der Waals surface area contributed by atoms with Gasteiger partial charge in [0.05, 0.1) is 0 Å². The van der Waals surface area contributed by atoms with Crippen LogP contribution in [-0.2, 0) is 4.79 Å². The Morgan fingerprint density at radius 2 is 1.92 bits per heavy atom. The van der Waals surface area contributed by atoms with E-state index in [9.17, 15) is 4.79 Å². The molecule has 0 aromatic heterocycles. The number of unbranched alkanes of at least 4 members (excludes halogenated alkanes) is 1. The third-order valence-corrected chi connectivity index (χ3v) is 7.97. The summed E-state index contributed by atoms with van der Waals surface area (Å²) in [4.78, 5) is 10.5. The van der Waals surface area contributed by atoms with Gasteiger partial charge in [-0.2, -0.15) is 23.5 Å². The molecule has 1 saturated carbocycles. The number of carbonyl (C=O) groups is 1. The Bertz CT molecular complexity index is 378. The topological polar surface area (TPSA) is 37.3 Å². The first kappa shape index (κ1) is 20.2. The molecule has 2 rings (SSSR count). The normalized spacial score (nSPS) is 25.5. The van der Waals surface area contributed by atoms with E-state index in [1.807, 2.05) is 0 Å². The predicted octanol–water partition coefficient (Wildman–Crippen LogP) is 5.87. The summed E-state index contributed by atoms with van der Waals surface area (Å²) in [5.74, 6) is 7.49. The van der Waals surface area contributed by atoms with Crippen molar-refractivity contribution in [2.24, 2.45) is 17.8 Å². The highest BCUT2D eigenvalue weighted by Crippen LogP contribution is 2.36. The van der Waals surface area contributed by atoms with Gasteiger partial charge in [-0.3, -0.25) is 4.79 Å². The fourth-order valence-electron chi connectivity index (χ4n) is 3.82. The molecule has 2 nitrogen and oxygen atoms in total. The first-order valence-corrected chi connectivity index (χ1v) is 12.1. The van der Waals surface area contributed by atoms with Crippen LogP contribution in [0.2, 0.25) is 0 Å². The average molecular weight is 371 g/mol. The van der Waals surface area contributed by atoms with Crippen molar-refractivity contribution in [1.82, 2.24) is 0 Å². The van der Waals surface area contributed by atoms with Crippen LogP contribution in [0.15, 0.2) is 12.2 Å². The molecule has 0 aromatic carbocycles. The molecule has 138 valence electrons. The monoisotopic (exact) mass is 370 g/mol. The summed E-state index contributed by atoms with van der Waals surface area (Å²) in [5, 5.41) is 8.63. The molecule has 2 fully saturated rings. The van der Waals surface area contributed by atoms with Crippen molar-refractivity contribution in [2.45, 2.75) is 64.2 Å². The second kappa shape index (κ2) is 12.3. The summed E-state index contributed by atoms with van der Waals surface area (Å²) in [6.07, 6.45) is 16.4. The summed E-state index contributed by atoms with van der Waals surface area (Å²) >= 11 is 4.33. The van der Waals surface area contributed by atoms with E-state index < -0.39 is 5.97 Å². The molecule has 2 atom stereocenters. The van der Waals surface area contributed by atoms with Gasteiger partial charge < -0.3 is 5.11 Å². The maximum absolute atomic E-state index is 10.5. The zero-order chi connectivity index (χ0) is 17.0. The Hall–Kier alpha value is -0.0900. The number of carboxylic acid groups (broad SMARTS) is 1. The van der Waals surface area contributed by atoms with Crippen LogP contribution in [0.5, 0.6) is 0 Å². The minimum Gasteiger partial charge on any atom is -0.481 e. The molecule has 2 aliphatic rings. The van der Waals surface area contributed by atoms with E-state index in [0.717, 1.165) is 30.6 Å². The van der Waals surface area contributed by atoms with Gasteiger partial charge in [-0.1, -0.05) is 31.4 Å². The van der Waals surface area contributed by atoms with E-state index in [1.165, 1.54) is 68.0 Å². The highest BCUT2D eigenvalue weighted by molar-refractivity contribution is 7.99. The quantitative estimate of drug-likeness (QED) is 0.364. The molecule has 1 saturated heterocycles. The van der Waals surface area contributed by atoms with E-state index in [4.69, 9.17) is 5.11 Å². The number of hydrogen-bond acceptors (Lipinski definition) is 3. The second-order valence-corrected chi connectivity index (χ2v) is 9.64. The minimum absolute atomic E-state index is 0.296. The Balaban J connectivity index is 1.53. The van der Waals surface area contributed by atoms with Crippen LogP contribution in [0.4, 0.5) is 0 Å². The first-order chi connectivity index (χ1) is 11.8. The van der Waals surface area contributed by atoms with Crippen molar-refractivity contribution in [1.29, 1.82) is 0 Å². The molecule has 0 radical (unpaired) electrons. The number of carboxylic acids is 1. The van der Waals surface area contributed by atoms with Gasteiger partial charge in [0, 0.05) is 6.42 Å². The van der Waals surface area contributed by atoms with Gasteiger partial charge in [-0.25, -0.2) is 0 Å². The Morgan fingerprint density at radius 3 is 2.71 bits per heavy atom. The molecule has 1 aliphatic heterocycles. The molecule has 1 N–H and O–H groups in total. The number of hydrogen-bond donors (Lipinski definition) is 1. The van der Waals surface area contributed by atoms with Crippen molar-refractivity contribution >= 4 is 29.5 Å². The van der Waals surface area contributed by atoms with E-state index in [2.05, 4.69) is 35.7 Å². The van der Waals surface area contributed by atoms with Crippen LogP contribution in [0.1, 0.15) is 64.2 Å². The Labute approximate surface area is 156 Å². The number of aliphatic carboxylic acids is 1. The van der Waals surface area contributed by atoms with Gasteiger partial charge >= 0.3 is 5.97 Å². The summed E-state index contributed by atoms with van der Waals surface area (Å²) < 4.78 is 0. The van der Waals surface area contributed by atoms with Gasteiger partial charge in [0.2, 0.25) is 0 Å². The van der Waals surface area contributed by atoms with Crippen molar-refractivity contribution < 1.29 is 9.90 Å². The first-order valence-electron chi connectivity index (χ1n) is 9.78. The van der Waals surface area contributed by atoms with Crippen molar-refractivity contribution in [3.63, 3.8) is 0 Å². The number of rotatable bonds is 11. The largest absolute Gasteiger partial charge is 0.481 e. The standard InChI is InChI=1S/C20H34O2S2/c21-20(22)11-7-2-1-6-10-18-15-24-16-19(18)12-13-23-14-17-8-4-3-5-9-17/h1,6,17-19H,2-5,7-16H2,(H,21,22)/t18-,19+/m0/s1. The number of thioether (sulfide) groups is 2. The lowest BCUT2D eigenvalue weighted by atomic mass is 9.90. The van der Waals surface area contributed by atoms with Gasteiger partial charge in [-0.05, 0) is 79.3 Å². The molecule has 0 aromatic rings. The van der Waals surface area contributed by atoms with Crippen LogP contribution < -0.4 is 0 Å². The van der Waals surface area contributed by atoms with Crippen LogP contribution in [0, 0.1) is 17.8 Å². The van der Waals surface area contributed by atoms with E-state index in [0.29, 0.717) is 6.42 Å². The summed E-state index contributed by atoms with van der Waals surface area (Å²) in [6.45, 7) is 0. The molecule has 0 spiro atoms. The summed E-state index contributed by atoms with van der Waals surface area (Å²) in [5.41, 5.74) is 0. The number of allylic oxidation sites excluding steroid dienone is 2. The molecule has 24 heavy (non-hydrogen) atoms. The zero-order valence-corrected chi connectivity index (χ0v) is 16.6. The smallest absolute Gasteiger partial charge is 0.303 e. The average Bonchev–Trinajstić information content (AvgIpc) is 3.03. The van der Waals surface area contributed by atoms with Gasteiger partial charge in [0.1, 0.15) is 0 Å². The third kappa shape index (κ3) is 8.33. The molecule has 0 bridgehead atoms. The second-order valence-electron chi connectivity index (χ2n) is 7.42. The maximum Gasteiger partial charge on any atom is 0.303 e. The van der Waals surface area contributed by atoms with Crippen molar-refractivity contribution in [3.8, 4) is 0 Å². The maximum atomic E-state index is 10.5. The third-order valence-electron chi connectivity index (χ3n) is 5.41. The van der Waals surface area contributed by atoms with Gasteiger partial charge in [0.15, 0.2) is 0 Å². The fourth-order valence-corrected chi connectivity index (χ4v) is 6.71. The van der Waals surface area contributed by atoms with Crippen molar-refractivity contribution in [3.05, 3.63) is 12.2 Å². The van der Waals surface area contributed by atoms with Crippen LogP contribution in [0.3, 0.4) is 0 Å². The molecule has 0 unspecified atom stereocenters. The molecule has 1 heterocycles. The van der Waals surface area contributed by atoms with E-state index in [1.54, 1.807) is 0 Å². The van der Waals surface area contributed by atoms with Gasteiger partial charge in [0.25, 0.3) is 0 Å². The minimum atomic E-state index is -0.679. The van der Waals surface area contributed by atoms with Crippen molar-refractivity contribution in [2.75, 3.05) is 23.0 Å². The highest BCUT2D eigenvalue weighted by atomic mass is 32.2. The Kier molecular flexibility index (Phi) is 10.4. The Morgan fingerprint density at radius 1 is 1.12 bits per heavy atom. The molecule has 4 heteroatoms. The molecular formula is C20H34O2S2. The highest BCUT2D eigenvalue weighted by Gasteiger charge is 2.26.